The number of hydrogen-bond donors (Lipinski definition) is 1. The molecular formula is C20H29NO5. The van der Waals surface area contributed by atoms with Crippen molar-refractivity contribution in [2.75, 3.05) is 6.54 Å². The molecule has 1 fully saturated rings. The molecule has 2 rings (SSSR count). The lowest BCUT2D eigenvalue weighted by molar-refractivity contribution is -0.142. The van der Waals surface area contributed by atoms with Crippen LogP contribution in [-0.4, -0.2) is 46.4 Å². The van der Waals surface area contributed by atoms with Crippen LogP contribution < -0.4 is 4.74 Å². The summed E-state index contributed by atoms with van der Waals surface area (Å²) in [5.41, 5.74) is 0.257. The average molecular weight is 363 g/mol. The number of likely N-dealkylation sites (tertiary alicyclic amines) is 1. The number of amides is 1. The van der Waals surface area contributed by atoms with E-state index in [1.807, 2.05) is 24.3 Å². The number of carbonyl (C=O) groups is 2. The van der Waals surface area contributed by atoms with E-state index in [-0.39, 0.29) is 18.4 Å². The molecule has 1 amide bonds. The summed E-state index contributed by atoms with van der Waals surface area (Å²) in [6, 6.07) is 6.78. The lowest BCUT2D eigenvalue weighted by atomic mass is 9.86. The van der Waals surface area contributed by atoms with Gasteiger partial charge in [-0.05, 0) is 37.8 Å². The summed E-state index contributed by atoms with van der Waals surface area (Å²) in [4.78, 5) is 25.2. The highest BCUT2D eigenvalue weighted by Gasteiger charge is 2.43. The minimum atomic E-state index is -1.05. The maximum absolute atomic E-state index is 12.4. The lowest BCUT2D eigenvalue weighted by Gasteiger charge is -2.27. The Morgan fingerprint density at radius 2 is 1.73 bits per heavy atom. The second kappa shape index (κ2) is 7.17. The van der Waals surface area contributed by atoms with E-state index < -0.39 is 29.8 Å². The van der Waals surface area contributed by atoms with Crippen LogP contribution >= 0.6 is 0 Å². The Hall–Kier alpha value is -2.24. The molecule has 0 spiro atoms. The maximum atomic E-state index is 12.4. The average Bonchev–Trinajstić information content (AvgIpc) is 2.89. The number of rotatable bonds is 3. The molecule has 0 aliphatic carbocycles. The van der Waals surface area contributed by atoms with Gasteiger partial charge in [-0.15, -0.1) is 0 Å². The molecule has 2 atom stereocenters. The first-order chi connectivity index (χ1) is 11.9. The summed E-state index contributed by atoms with van der Waals surface area (Å²) in [6.07, 6.45) is -0.792. The number of ether oxygens (including phenoxy) is 2. The quantitative estimate of drug-likeness (QED) is 0.883. The van der Waals surface area contributed by atoms with Crippen molar-refractivity contribution in [3.8, 4) is 5.75 Å². The predicted molar refractivity (Wildman–Crippen MR) is 98.5 cm³/mol. The van der Waals surface area contributed by atoms with Crippen LogP contribution in [0.3, 0.4) is 0 Å². The highest BCUT2D eigenvalue weighted by molar-refractivity contribution is 5.81. The maximum Gasteiger partial charge on any atom is 0.411 e. The van der Waals surface area contributed by atoms with Crippen LogP contribution in [-0.2, 0) is 14.9 Å². The van der Waals surface area contributed by atoms with Crippen molar-refractivity contribution in [2.24, 2.45) is 0 Å². The zero-order valence-corrected chi connectivity index (χ0v) is 16.4. The molecule has 1 aliphatic heterocycles. The number of para-hydroxylation sites is 1. The van der Waals surface area contributed by atoms with E-state index in [0.29, 0.717) is 0 Å². The van der Waals surface area contributed by atoms with Crippen molar-refractivity contribution < 1.29 is 24.2 Å². The van der Waals surface area contributed by atoms with Gasteiger partial charge in [0.1, 0.15) is 23.5 Å². The van der Waals surface area contributed by atoms with E-state index in [0.717, 1.165) is 11.3 Å². The third-order valence-corrected chi connectivity index (χ3v) is 4.16. The van der Waals surface area contributed by atoms with Crippen molar-refractivity contribution in [1.29, 1.82) is 0 Å². The third kappa shape index (κ3) is 4.90. The van der Waals surface area contributed by atoms with Gasteiger partial charge >= 0.3 is 12.1 Å². The highest BCUT2D eigenvalue weighted by Crippen LogP contribution is 2.33. The molecule has 1 N–H and O–H groups in total. The zero-order valence-electron chi connectivity index (χ0n) is 16.4. The number of carbonyl (C=O) groups excluding carboxylic acids is 1. The number of hydrogen-bond acceptors (Lipinski definition) is 4. The third-order valence-electron chi connectivity index (χ3n) is 4.16. The zero-order chi connectivity index (χ0) is 19.7. The van der Waals surface area contributed by atoms with Crippen molar-refractivity contribution >= 4 is 12.1 Å². The lowest BCUT2D eigenvalue weighted by Crippen LogP contribution is -2.43. The van der Waals surface area contributed by atoms with Crippen LogP contribution in [0.1, 0.15) is 53.5 Å². The number of benzene rings is 1. The van der Waals surface area contributed by atoms with Crippen LogP contribution in [0.5, 0.6) is 5.75 Å². The van der Waals surface area contributed by atoms with Gasteiger partial charge in [0.15, 0.2) is 0 Å². The normalized spacial score (nSPS) is 20.8. The van der Waals surface area contributed by atoms with E-state index in [4.69, 9.17) is 9.47 Å². The van der Waals surface area contributed by atoms with Gasteiger partial charge in [-0.3, -0.25) is 4.90 Å². The predicted octanol–water partition coefficient (Wildman–Crippen LogP) is 3.83. The molecule has 1 aromatic rings. The fraction of sp³-hybridized carbons (Fsp3) is 0.600. The Morgan fingerprint density at radius 1 is 1.12 bits per heavy atom. The van der Waals surface area contributed by atoms with Gasteiger partial charge in [0.2, 0.25) is 0 Å². The molecule has 1 aliphatic rings. The SMILES string of the molecule is CC(C)(C)OC(=O)N1C[C@H](Oc2ccccc2C(C)(C)C)C[C@@H]1C(=O)O. The first kappa shape index (κ1) is 20.1. The Kier molecular flexibility index (Phi) is 5.54. The summed E-state index contributed by atoms with van der Waals surface area (Å²) in [5, 5.41) is 9.49. The molecule has 144 valence electrons. The van der Waals surface area contributed by atoms with E-state index in [1.165, 1.54) is 4.90 Å². The molecule has 0 aromatic heterocycles. The van der Waals surface area contributed by atoms with Gasteiger partial charge in [-0.1, -0.05) is 39.0 Å². The van der Waals surface area contributed by atoms with Crippen molar-refractivity contribution in [2.45, 2.75) is 71.1 Å². The van der Waals surface area contributed by atoms with Crippen LogP contribution in [0, 0.1) is 0 Å². The van der Waals surface area contributed by atoms with Gasteiger partial charge in [0, 0.05) is 6.42 Å². The first-order valence-corrected chi connectivity index (χ1v) is 8.87. The van der Waals surface area contributed by atoms with Gasteiger partial charge in [0.05, 0.1) is 6.54 Å². The summed E-state index contributed by atoms with van der Waals surface area (Å²) in [7, 11) is 0. The molecule has 6 nitrogen and oxygen atoms in total. The molecular weight excluding hydrogens is 334 g/mol. The molecule has 6 heteroatoms. The van der Waals surface area contributed by atoms with E-state index in [2.05, 4.69) is 20.8 Å². The first-order valence-electron chi connectivity index (χ1n) is 8.87. The number of carboxylic acid groups (broad SMARTS) is 1. The Balaban J connectivity index is 2.18. The standard InChI is InChI=1S/C20H29NO5/c1-19(2,3)14-9-7-8-10-16(14)25-13-11-15(17(22)23)21(12-13)18(24)26-20(4,5)6/h7-10,13,15H,11-12H2,1-6H3,(H,22,23)/t13-,15-/m1/s1. The van der Waals surface area contributed by atoms with E-state index in [9.17, 15) is 14.7 Å². The molecule has 0 bridgehead atoms. The minimum absolute atomic E-state index is 0.105. The second-order valence-corrected chi connectivity index (χ2v) is 8.71. The topological polar surface area (TPSA) is 76.1 Å². The van der Waals surface area contributed by atoms with E-state index >= 15 is 0 Å². The van der Waals surface area contributed by atoms with Gasteiger partial charge in [0.25, 0.3) is 0 Å². The van der Waals surface area contributed by atoms with Gasteiger partial charge < -0.3 is 14.6 Å². The molecule has 26 heavy (non-hydrogen) atoms. The van der Waals surface area contributed by atoms with Crippen molar-refractivity contribution in [3.63, 3.8) is 0 Å². The fourth-order valence-electron chi connectivity index (χ4n) is 3.01. The Morgan fingerprint density at radius 3 is 2.27 bits per heavy atom. The summed E-state index contributed by atoms with van der Waals surface area (Å²) < 4.78 is 11.5. The Labute approximate surface area is 155 Å². The molecule has 0 radical (unpaired) electrons. The fourth-order valence-corrected chi connectivity index (χ4v) is 3.01. The van der Waals surface area contributed by atoms with Crippen molar-refractivity contribution in [3.05, 3.63) is 29.8 Å². The second-order valence-electron chi connectivity index (χ2n) is 8.71. The minimum Gasteiger partial charge on any atom is -0.488 e. The van der Waals surface area contributed by atoms with Gasteiger partial charge in [-0.25, -0.2) is 9.59 Å². The summed E-state index contributed by atoms with van der Waals surface area (Å²) >= 11 is 0. The van der Waals surface area contributed by atoms with Crippen LogP contribution in [0.4, 0.5) is 4.79 Å². The smallest absolute Gasteiger partial charge is 0.411 e. The van der Waals surface area contributed by atoms with Crippen LogP contribution in [0.15, 0.2) is 24.3 Å². The monoisotopic (exact) mass is 363 g/mol. The van der Waals surface area contributed by atoms with Crippen LogP contribution in [0.25, 0.3) is 0 Å². The molecule has 1 heterocycles. The Bertz CT molecular complexity index is 672. The largest absolute Gasteiger partial charge is 0.488 e. The molecule has 1 aromatic carbocycles. The number of aliphatic carboxylic acids is 1. The molecule has 0 saturated carbocycles. The molecule has 0 unspecified atom stereocenters. The molecule has 1 saturated heterocycles. The van der Waals surface area contributed by atoms with Crippen LogP contribution in [0.2, 0.25) is 0 Å². The number of nitrogens with zero attached hydrogens (tertiary/aromatic N) is 1. The van der Waals surface area contributed by atoms with E-state index in [1.54, 1.807) is 20.8 Å². The van der Waals surface area contributed by atoms with Crippen molar-refractivity contribution in [1.82, 2.24) is 4.90 Å². The summed E-state index contributed by atoms with van der Waals surface area (Å²) in [6.45, 7) is 11.7. The highest BCUT2D eigenvalue weighted by atomic mass is 16.6. The summed E-state index contributed by atoms with van der Waals surface area (Å²) in [5.74, 6) is -0.328. The van der Waals surface area contributed by atoms with Gasteiger partial charge in [-0.2, -0.15) is 0 Å². The number of carboxylic acids is 1.